The zero-order valence-electron chi connectivity index (χ0n) is 12.5. The molecular weight excluding hydrogens is 303 g/mol. The molecule has 1 heterocycles. The molecule has 7 heteroatoms. The first-order valence-electron chi connectivity index (χ1n) is 6.54. The van der Waals surface area contributed by atoms with E-state index in [1.807, 2.05) is 20.8 Å². The number of alkyl halides is 3. The van der Waals surface area contributed by atoms with Crippen molar-refractivity contribution in [3.05, 3.63) is 47.0 Å². The van der Waals surface area contributed by atoms with Gasteiger partial charge in [0.1, 0.15) is 11.5 Å². The molecular formula is C15H15F5N2. The van der Waals surface area contributed by atoms with Crippen molar-refractivity contribution in [2.75, 3.05) is 0 Å². The smallest absolute Gasteiger partial charge is 0.298 e. The normalized spacial score (nSPS) is 12.8. The van der Waals surface area contributed by atoms with Crippen molar-refractivity contribution in [2.24, 2.45) is 0 Å². The SMILES string of the molecule is Cc1nc(C(C)(C)C)cn1-c1c(F)cc(C(F)(F)F)cc1F. The van der Waals surface area contributed by atoms with Crippen molar-refractivity contribution in [1.29, 1.82) is 0 Å². The maximum Gasteiger partial charge on any atom is 0.416 e. The van der Waals surface area contributed by atoms with Crippen LogP contribution in [0.5, 0.6) is 0 Å². The fraction of sp³-hybridized carbons (Fsp3) is 0.400. The average molecular weight is 318 g/mol. The summed E-state index contributed by atoms with van der Waals surface area (Å²) in [6, 6.07) is 0.573. The summed E-state index contributed by atoms with van der Waals surface area (Å²) in [5.41, 5.74) is -1.69. The van der Waals surface area contributed by atoms with Gasteiger partial charge in [0.2, 0.25) is 0 Å². The van der Waals surface area contributed by atoms with Crippen molar-refractivity contribution in [3.8, 4) is 5.69 Å². The molecule has 0 bridgehead atoms. The molecule has 2 aromatic rings. The van der Waals surface area contributed by atoms with E-state index in [0.29, 0.717) is 11.5 Å². The van der Waals surface area contributed by atoms with Gasteiger partial charge in [-0.1, -0.05) is 20.8 Å². The third-order valence-corrected chi connectivity index (χ3v) is 3.24. The molecule has 0 unspecified atom stereocenters. The first kappa shape index (κ1) is 16.5. The summed E-state index contributed by atoms with van der Waals surface area (Å²) < 4.78 is 66.9. The van der Waals surface area contributed by atoms with Gasteiger partial charge in [0.05, 0.1) is 11.3 Å². The van der Waals surface area contributed by atoms with E-state index in [9.17, 15) is 22.0 Å². The van der Waals surface area contributed by atoms with Crippen LogP contribution in [0.3, 0.4) is 0 Å². The summed E-state index contributed by atoms with van der Waals surface area (Å²) >= 11 is 0. The minimum absolute atomic E-state index is 0.286. The molecule has 0 N–H and O–H groups in total. The molecule has 120 valence electrons. The summed E-state index contributed by atoms with van der Waals surface area (Å²) in [4.78, 5) is 4.22. The van der Waals surface area contributed by atoms with Gasteiger partial charge >= 0.3 is 6.18 Å². The van der Waals surface area contributed by atoms with E-state index in [2.05, 4.69) is 4.98 Å². The van der Waals surface area contributed by atoms with Crippen LogP contribution in [-0.4, -0.2) is 9.55 Å². The van der Waals surface area contributed by atoms with E-state index in [0.717, 1.165) is 4.57 Å². The fourth-order valence-corrected chi connectivity index (χ4v) is 2.02. The number of nitrogens with zero attached hydrogens (tertiary/aromatic N) is 2. The quantitative estimate of drug-likeness (QED) is 0.692. The van der Waals surface area contributed by atoms with E-state index in [1.54, 1.807) is 0 Å². The summed E-state index contributed by atoms with van der Waals surface area (Å²) in [6.45, 7) is 7.15. The number of imidazole rings is 1. The highest BCUT2D eigenvalue weighted by atomic mass is 19.4. The molecule has 0 saturated carbocycles. The Labute approximate surface area is 124 Å². The number of hydrogen-bond donors (Lipinski definition) is 0. The first-order chi connectivity index (χ1) is 9.91. The molecule has 0 aliphatic rings. The highest BCUT2D eigenvalue weighted by molar-refractivity contribution is 5.41. The van der Waals surface area contributed by atoms with E-state index in [4.69, 9.17) is 0 Å². The van der Waals surface area contributed by atoms with Gasteiger partial charge in [0.15, 0.2) is 11.6 Å². The van der Waals surface area contributed by atoms with Crippen molar-refractivity contribution >= 4 is 0 Å². The van der Waals surface area contributed by atoms with Crippen LogP contribution < -0.4 is 0 Å². The second-order valence-corrected chi connectivity index (χ2v) is 6.08. The lowest BCUT2D eigenvalue weighted by Crippen LogP contribution is -2.11. The zero-order valence-corrected chi connectivity index (χ0v) is 12.5. The largest absolute Gasteiger partial charge is 0.416 e. The third-order valence-electron chi connectivity index (χ3n) is 3.24. The van der Waals surface area contributed by atoms with Crippen molar-refractivity contribution in [3.63, 3.8) is 0 Å². The standard InChI is InChI=1S/C15H15F5N2/c1-8-21-12(14(2,3)4)7-22(8)13-10(16)5-9(6-11(13)17)15(18,19)20/h5-7H,1-4H3. The van der Waals surface area contributed by atoms with Gasteiger partial charge in [-0.2, -0.15) is 13.2 Å². The van der Waals surface area contributed by atoms with Crippen LogP contribution in [0.15, 0.2) is 18.3 Å². The van der Waals surface area contributed by atoms with Crippen LogP contribution in [0.4, 0.5) is 22.0 Å². The molecule has 2 rings (SSSR count). The zero-order chi connectivity index (χ0) is 16.9. The maximum atomic E-state index is 14.0. The highest BCUT2D eigenvalue weighted by Crippen LogP contribution is 2.33. The van der Waals surface area contributed by atoms with Crippen LogP contribution in [0, 0.1) is 18.6 Å². The van der Waals surface area contributed by atoms with Gasteiger partial charge in [-0.05, 0) is 19.1 Å². The molecule has 0 atom stereocenters. The Morgan fingerprint density at radius 1 is 1.00 bits per heavy atom. The molecule has 0 saturated heterocycles. The van der Waals surface area contributed by atoms with E-state index in [-0.39, 0.29) is 17.5 Å². The highest BCUT2D eigenvalue weighted by Gasteiger charge is 2.33. The van der Waals surface area contributed by atoms with Crippen molar-refractivity contribution in [2.45, 2.75) is 39.3 Å². The Morgan fingerprint density at radius 3 is 1.86 bits per heavy atom. The van der Waals surface area contributed by atoms with Gasteiger partial charge in [0, 0.05) is 11.6 Å². The maximum absolute atomic E-state index is 14.0. The number of aryl methyl sites for hydroxylation is 1. The van der Waals surface area contributed by atoms with E-state index < -0.39 is 29.1 Å². The number of halogens is 5. The van der Waals surface area contributed by atoms with Gasteiger partial charge < -0.3 is 0 Å². The Morgan fingerprint density at radius 2 is 1.50 bits per heavy atom. The molecule has 22 heavy (non-hydrogen) atoms. The predicted molar refractivity (Wildman–Crippen MR) is 71.9 cm³/mol. The van der Waals surface area contributed by atoms with Crippen LogP contribution in [-0.2, 0) is 11.6 Å². The summed E-state index contributed by atoms with van der Waals surface area (Å²) in [5.74, 6) is -2.27. The van der Waals surface area contributed by atoms with Crippen LogP contribution in [0.25, 0.3) is 5.69 Å². The molecule has 0 fully saturated rings. The van der Waals surface area contributed by atoms with Gasteiger partial charge in [-0.15, -0.1) is 0 Å². The summed E-state index contributed by atoms with van der Waals surface area (Å²) in [5, 5.41) is 0. The fourth-order valence-electron chi connectivity index (χ4n) is 2.02. The van der Waals surface area contributed by atoms with Gasteiger partial charge in [-0.25, -0.2) is 13.8 Å². The number of hydrogen-bond acceptors (Lipinski definition) is 1. The predicted octanol–water partition coefficient (Wildman–Crippen LogP) is 4.78. The van der Waals surface area contributed by atoms with Crippen LogP contribution in [0.2, 0.25) is 0 Å². The minimum atomic E-state index is -4.80. The van der Waals surface area contributed by atoms with Crippen LogP contribution in [0.1, 0.15) is 37.9 Å². The second-order valence-electron chi connectivity index (χ2n) is 6.08. The van der Waals surface area contributed by atoms with Crippen molar-refractivity contribution in [1.82, 2.24) is 9.55 Å². The van der Waals surface area contributed by atoms with E-state index in [1.165, 1.54) is 13.1 Å². The van der Waals surface area contributed by atoms with Gasteiger partial charge in [0.25, 0.3) is 0 Å². The lowest BCUT2D eigenvalue weighted by Gasteiger charge is -2.14. The average Bonchev–Trinajstić information content (AvgIpc) is 2.69. The number of benzene rings is 1. The molecule has 0 radical (unpaired) electrons. The van der Waals surface area contributed by atoms with Crippen molar-refractivity contribution < 1.29 is 22.0 Å². The lowest BCUT2D eigenvalue weighted by molar-refractivity contribution is -0.138. The first-order valence-corrected chi connectivity index (χ1v) is 6.54. The Bertz CT molecular complexity index is 685. The second kappa shape index (κ2) is 5.07. The molecule has 0 amide bonds. The monoisotopic (exact) mass is 318 g/mol. The van der Waals surface area contributed by atoms with Crippen LogP contribution >= 0.6 is 0 Å². The topological polar surface area (TPSA) is 17.8 Å². The molecule has 0 spiro atoms. The number of rotatable bonds is 1. The molecule has 1 aromatic heterocycles. The summed E-state index contributed by atoms with van der Waals surface area (Å²) in [6.07, 6.45) is -3.37. The Hall–Kier alpha value is -1.92. The minimum Gasteiger partial charge on any atom is -0.298 e. The Balaban J connectivity index is 2.62. The Kier molecular flexibility index (Phi) is 3.79. The number of aromatic nitrogens is 2. The van der Waals surface area contributed by atoms with Gasteiger partial charge in [-0.3, -0.25) is 4.57 Å². The van der Waals surface area contributed by atoms with E-state index >= 15 is 0 Å². The molecule has 0 aliphatic heterocycles. The molecule has 1 aromatic carbocycles. The lowest BCUT2D eigenvalue weighted by atomic mass is 9.93. The molecule has 0 aliphatic carbocycles. The molecule has 2 nitrogen and oxygen atoms in total. The third kappa shape index (κ3) is 2.98. The summed E-state index contributed by atoms with van der Waals surface area (Å²) in [7, 11) is 0.